The third kappa shape index (κ3) is 50.1. The Bertz CT molecular complexity index is 898. The maximum absolute atomic E-state index is 12.5. The van der Waals surface area contributed by atoms with E-state index in [2.05, 4.69) is 19.2 Å². The van der Waals surface area contributed by atoms with Crippen LogP contribution in [-0.2, 0) is 14.3 Å². The quantitative estimate of drug-likeness (QED) is 0.0418. The summed E-state index contributed by atoms with van der Waals surface area (Å²) in [5.41, 5.74) is 0. The summed E-state index contributed by atoms with van der Waals surface area (Å²) in [4.78, 5) is 24.6. The highest BCUT2D eigenvalue weighted by Gasteiger charge is 2.20. The molecule has 3 N–H and O–H groups in total. The molecule has 63 heavy (non-hydrogen) atoms. The van der Waals surface area contributed by atoms with Crippen LogP contribution in [0.25, 0.3) is 0 Å². The van der Waals surface area contributed by atoms with Gasteiger partial charge in [-0.3, -0.25) is 9.59 Å². The molecule has 2 atom stereocenters. The van der Waals surface area contributed by atoms with E-state index in [4.69, 9.17) is 4.74 Å². The van der Waals surface area contributed by atoms with E-state index in [1.165, 1.54) is 238 Å². The summed E-state index contributed by atoms with van der Waals surface area (Å²) in [6.07, 6.45) is 60.8. The summed E-state index contributed by atoms with van der Waals surface area (Å²) in [6.45, 7) is 4.94. The monoisotopic (exact) mass is 892 g/mol. The van der Waals surface area contributed by atoms with E-state index in [-0.39, 0.29) is 18.5 Å². The molecule has 0 aromatic heterocycles. The molecule has 2 unspecified atom stereocenters. The Morgan fingerprint density at radius 3 is 0.968 bits per heavy atom. The number of carbonyl (C=O) groups excluding carboxylic acids is 2. The maximum atomic E-state index is 12.5. The summed E-state index contributed by atoms with van der Waals surface area (Å²) >= 11 is 0. The highest BCUT2D eigenvalue weighted by atomic mass is 16.5. The predicted molar refractivity (Wildman–Crippen MR) is 274 cm³/mol. The van der Waals surface area contributed by atoms with Crippen molar-refractivity contribution in [1.29, 1.82) is 0 Å². The highest BCUT2D eigenvalue weighted by molar-refractivity contribution is 5.76. The molecule has 0 bridgehead atoms. The molecule has 0 rings (SSSR count). The zero-order valence-electron chi connectivity index (χ0n) is 42.8. The molecule has 0 aliphatic rings. The molecular weight excluding hydrogens is 779 g/mol. The van der Waals surface area contributed by atoms with Crippen molar-refractivity contribution < 1.29 is 24.5 Å². The summed E-state index contributed by atoms with van der Waals surface area (Å²) in [6, 6.07) is -0.557. The number of aliphatic hydroxyl groups is 2. The molecule has 0 aliphatic carbocycles. The number of hydrogen-bond donors (Lipinski definition) is 3. The first-order valence-electron chi connectivity index (χ1n) is 28.8. The van der Waals surface area contributed by atoms with Gasteiger partial charge in [0.25, 0.3) is 0 Å². The van der Waals surface area contributed by atoms with Gasteiger partial charge in [-0.1, -0.05) is 290 Å². The molecule has 6 nitrogen and oxygen atoms in total. The van der Waals surface area contributed by atoms with Crippen LogP contribution < -0.4 is 5.32 Å². The van der Waals surface area contributed by atoms with Crippen molar-refractivity contribution in [3.05, 3.63) is 0 Å². The summed E-state index contributed by atoms with van der Waals surface area (Å²) in [5.74, 6) is -0.0672. The van der Waals surface area contributed by atoms with Gasteiger partial charge in [0.05, 0.1) is 25.4 Å². The molecule has 0 aliphatic heterocycles. The zero-order chi connectivity index (χ0) is 45.8. The molecule has 0 aromatic carbocycles. The number of hydrogen-bond acceptors (Lipinski definition) is 5. The number of rotatable bonds is 54. The molecule has 0 heterocycles. The third-order valence-corrected chi connectivity index (χ3v) is 13.7. The van der Waals surface area contributed by atoms with E-state index >= 15 is 0 Å². The third-order valence-electron chi connectivity index (χ3n) is 13.7. The van der Waals surface area contributed by atoms with Crippen LogP contribution in [0.2, 0.25) is 0 Å². The molecule has 0 radical (unpaired) electrons. The van der Waals surface area contributed by atoms with Crippen LogP contribution in [0, 0.1) is 0 Å². The van der Waals surface area contributed by atoms with Gasteiger partial charge in [-0.15, -0.1) is 0 Å². The van der Waals surface area contributed by atoms with E-state index in [0.717, 1.165) is 57.8 Å². The van der Waals surface area contributed by atoms with E-state index in [1.54, 1.807) is 0 Å². The molecule has 0 spiro atoms. The fraction of sp³-hybridized carbons (Fsp3) is 0.965. The Kier molecular flexibility index (Phi) is 52.5. The van der Waals surface area contributed by atoms with Crippen LogP contribution in [0.4, 0.5) is 0 Å². The number of esters is 1. The number of amides is 1. The van der Waals surface area contributed by atoms with Gasteiger partial charge in [-0.25, -0.2) is 0 Å². The van der Waals surface area contributed by atoms with Gasteiger partial charge in [-0.05, 0) is 25.7 Å². The largest absolute Gasteiger partial charge is 0.466 e. The normalized spacial score (nSPS) is 12.5. The minimum atomic E-state index is -0.678. The fourth-order valence-corrected chi connectivity index (χ4v) is 9.23. The minimum absolute atomic E-state index is 0.0139. The van der Waals surface area contributed by atoms with Crippen LogP contribution in [0.5, 0.6) is 0 Å². The van der Waals surface area contributed by atoms with Gasteiger partial charge in [0.2, 0.25) is 5.91 Å². The lowest BCUT2D eigenvalue weighted by molar-refractivity contribution is -0.143. The minimum Gasteiger partial charge on any atom is -0.466 e. The molecule has 0 saturated heterocycles. The summed E-state index contributed by atoms with van der Waals surface area (Å²) < 4.78 is 5.47. The SMILES string of the molecule is CCCCCCCCCCCCCCCCCCCCCCC(O)C(CO)NC(=O)CCCCCCCCCCCCOC(=O)CCCCCCCCCCCCCCCCCC. The highest BCUT2D eigenvalue weighted by Crippen LogP contribution is 2.18. The predicted octanol–water partition coefficient (Wildman–Crippen LogP) is 17.5. The fourth-order valence-electron chi connectivity index (χ4n) is 9.23. The number of unbranched alkanes of at least 4 members (excludes halogenated alkanes) is 43. The van der Waals surface area contributed by atoms with Crippen molar-refractivity contribution in [2.45, 2.75) is 341 Å². The Morgan fingerprint density at radius 1 is 0.381 bits per heavy atom. The van der Waals surface area contributed by atoms with Crippen molar-refractivity contribution in [2.75, 3.05) is 13.2 Å². The number of nitrogens with one attached hydrogen (secondary N) is 1. The van der Waals surface area contributed by atoms with Crippen molar-refractivity contribution >= 4 is 11.9 Å². The van der Waals surface area contributed by atoms with Gasteiger partial charge in [-0.2, -0.15) is 0 Å². The molecule has 376 valence electrons. The number of carbonyl (C=O) groups is 2. The van der Waals surface area contributed by atoms with E-state index in [0.29, 0.717) is 25.9 Å². The molecule has 6 heteroatoms. The average Bonchev–Trinajstić information content (AvgIpc) is 3.28. The van der Waals surface area contributed by atoms with Gasteiger partial charge in [0.1, 0.15) is 0 Å². The Hall–Kier alpha value is -1.14. The van der Waals surface area contributed by atoms with E-state index < -0.39 is 12.1 Å². The van der Waals surface area contributed by atoms with Crippen molar-refractivity contribution in [2.24, 2.45) is 0 Å². The van der Waals surface area contributed by atoms with Gasteiger partial charge in [0, 0.05) is 12.8 Å². The van der Waals surface area contributed by atoms with Crippen molar-refractivity contribution in [3.63, 3.8) is 0 Å². The second-order valence-corrected chi connectivity index (χ2v) is 20.0. The van der Waals surface area contributed by atoms with Crippen LogP contribution in [0.3, 0.4) is 0 Å². The molecule has 0 aromatic rings. The molecule has 0 saturated carbocycles. The van der Waals surface area contributed by atoms with Crippen LogP contribution in [0.15, 0.2) is 0 Å². The molecule has 0 fully saturated rings. The topological polar surface area (TPSA) is 95.9 Å². The van der Waals surface area contributed by atoms with Crippen LogP contribution in [0.1, 0.15) is 328 Å². The van der Waals surface area contributed by atoms with Gasteiger partial charge < -0.3 is 20.3 Å². The smallest absolute Gasteiger partial charge is 0.305 e. The second kappa shape index (κ2) is 53.5. The van der Waals surface area contributed by atoms with Gasteiger partial charge >= 0.3 is 5.97 Å². The van der Waals surface area contributed by atoms with Crippen LogP contribution >= 0.6 is 0 Å². The lowest BCUT2D eigenvalue weighted by Gasteiger charge is -2.22. The van der Waals surface area contributed by atoms with Crippen LogP contribution in [-0.4, -0.2) is 47.4 Å². The number of aliphatic hydroxyl groups excluding tert-OH is 2. The Labute approximate surface area is 394 Å². The molecular formula is C57H113NO5. The first-order chi connectivity index (χ1) is 31.0. The number of ether oxygens (including phenoxy) is 1. The lowest BCUT2D eigenvalue weighted by atomic mass is 10.0. The first-order valence-corrected chi connectivity index (χ1v) is 28.8. The second-order valence-electron chi connectivity index (χ2n) is 20.0. The lowest BCUT2D eigenvalue weighted by Crippen LogP contribution is -2.45. The zero-order valence-corrected chi connectivity index (χ0v) is 42.8. The maximum Gasteiger partial charge on any atom is 0.305 e. The van der Waals surface area contributed by atoms with Gasteiger partial charge in [0.15, 0.2) is 0 Å². The first kappa shape index (κ1) is 61.9. The summed E-state index contributed by atoms with van der Waals surface area (Å²) in [5, 5.41) is 23.3. The standard InChI is InChI=1S/C57H113NO5/c1-3-5-7-9-11-13-15-17-19-21-22-23-24-25-27-29-33-37-41-45-49-55(60)54(53-59)58-56(61)50-46-42-38-34-31-32-36-40-44-48-52-63-57(62)51-47-43-39-35-30-28-26-20-18-16-14-12-10-8-6-4-2/h54-55,59-60H,3-53H2,1-2H3,(H,58,61). The Balaban J connectivity index is 3.44. The average molecular weight is 893 g/mol. The van der Waals surface area contributed by atoms with E-state index in [1.807, 2.05) is 0 Å². The molecule has 1 amide bonds. The Morgan fingerprint density at radius 2 is 0.651 bits per heavy atom. The van der Waals surface area contributed by atoms with Crippen molar-refractivity contribution in [3.8, 4) is 0 Å². The summed E-state index contributed by atoms with van der Waals surface area (Å²) in [7, 11) is 0. The van der Waals surface area contributed by atoms with E-state index in [9.17, 15) is 19.8 Å². The van der Waals surface area contributed by atoms with Crippen molar-refractivity contribution in [1.82, 2.24) is 5.32 Å².